The number of hydrogen-bond donors (Lipinski definition) is 1. The molecular weight excluding hydrogens is 262 g/mol. The molecule has 1 saturated heterocycles. The molecule has 1 amide bonds. The smallest absolute Gasteiger partial charge is 0.254 e. The van der Waals surface area contributed by atoms with Crippen molar-refractivity contribution in [1.29, 1.82) is 0 Å². The predicted molar refractivity (Wildman–Crippen MR) is 82.8 cm³/mol. The third-order valence-electron chi connectivity index (χ3n) is 4.19. The van der Waals surface area contributed by atoms with Gasteiger partial charge in [-0.15, -0.1) is 0 Å². The summed E-state index contributed by atoms with van der Waals surface area (Å²) in [5, 5.41) is 0. The number of rotatable bonds is 2. The van der Waals surface area contributed by atoms with Gasteiger partial charge in [-0.05, 0) is 49.1 Å². The van der Waals surface area contributed by atoms with E-state index in [1.807, 2.05) is 48.4 Å². The molecule has 1 aliphatic heterocycles. The summed E-state index contributed by atoms with van der Waals surface area (Å²) in [6.07, 6.45) is 5.61. The van der Waals surface area contributed by atoms with Crippen LogP contribution in [0, 0.1) is 6.92 Å². The van der Waals surface area contributed by atoms with E-state index in [-0.39, 0.29) is 11.9 Å². The fourth-order valence-electron chi connectivity index (χ4n) is 2.97. The molecular formula is C17H19N3O. The molecule has 1 unspecified atom stereocenters. The van der Waals surface area contributed by atoms with Crippen LogP contribution in [-0.2, 0) is 0 Å². The van der Waals surface area contributed by atoms with Crippen LogP contribution >= 0.6 is 0 Å². The van der Waals surface area contributed by atoms with Gasteiger partial charge in [0, 0.05) is 30.2 Å². The minimum atomic E-state index is 0.0613. The highest BCUT2D eigenvalue weighted by Crippen LogP contribution is 2.33. The van der Waals surface area contributed by atoms with Crippen LogP contribution in [0.15, 0.2) is 42.7 Å². The molecule has 3 rings (SSSR count). The van der Waals surface area contributed by atoms with Gasteiger partial charge in [0.2, 0.25) is 0 Å². The molecule has 0 spiro atoms. The largest absolute Gasteiger partial charge is 0.398 e. The summed E-state index contributed by atoms with van der Waals surface area (Å²) in [6.45, 7) is 2.68. The standard InChI is InChI=1S/C17H19N3O/c1-12-14(6-2-7-15(12)18)17(21)20-10-4-8-16(20)13-5-3-9-19-11-13/h2-3,5-7,9,11,16H,4,8,10,18H2,1H3. The van der Waals surface area contributed by atoms with Crippen molar-refractivity contribution < 1.29 is 4.79 Å². The van der Waals surface area contributed by atoms with E-state index in [0.29, 0.717) is 11.3 Å². The van der Waals surface area contributed by atoms with Crippen LogP contribution in [0.4, 0.5) is 5.69 Å². The van der Waals surface area contributed by atoms with Crippen molar-refractivity contribution in [3.05, 3.63) is 59.4 Å². The lowest BCUT2D eigenvalue weighted by atomic mass is 10.0. The summed E-state index contributed by atoms with van der Waals surface area (Å²) in [7, 11) is 0. The summed E-state index contributed by atoms with van der Waals surface area (Å²) in [6, 6.07) is 9.59. The van der Waals surface area contributed by atoms with E-state index in [0.717, 1.165) is 30.5 Å². The van der Waals surface area contributed by atoms with E-state index in [9.17, 15) is 4.79 Å². The number of likely N-dealkylation sites (tertiary alicyclic amines) is 1. The number of amides is 1. The first-order valence-corrected chi connectivity index (χ1v) is 7.24. The van der Waals surface area contributed by atoms with Gasteiger partial charge < -0.3 is 10.6 Å². The first kappa shape index (κ1) is 13.6. The topological polar surface area (TPSA) is 59.2 Å². The average molecular weight is 281 g/mol. The van der Waals surface area contributed by atoms with Crippen LogP contribution in [0.2, 0.25) is 0 Å². The maximum atomic E-state index is 12.9. The van der Waals surface area contributed by atoms with Crippen LogP contribution < -0.4 is 5.73 Å². The first-order valence-electron chi connectivity index (χ1n) is 7.24. The second kappa shape index (κ2) is 5.56. The molecule has 0 aliphatic carbocycles. The van der Waals surface area contributed by atoms with Crippen molar-refractivity contribution in [2.24, 2.45) is 0 Å². The third-order valence-corrected chi connectivity index (χ3v) is 4.19. The second-order valence-electron chi connectivity index (χ2n) is 5.46. The molecule has 2 heterocycles. The predicted octanol–water partition coefficient (Wildman–Crippen LogP) is 2.95. The monoisotopic (exact) mass is 281 g/mol. The summed E-state index contributed by atoms with van der Waals surface area (Å²) in [4.78, 5) is 19.0. The van der Waals surface area contributed by atoms with Crippen LogP contribution in [0.25, 0.3) is 0 Å². The van der Waals surface area contributed by atoms with E-state index in [1.165, 1.54) is 0 Å². The van der Waals surface area contributed by atoms with Gasteiger partial charge in [0.25, 0.3) is 5.91 Å². The number of nitrogens with zero attached hydrogens (tertiary/aromatic N) is 2. The van der Waals surface area contributed by atoms with Crippen molar-refractivity contribution >= 4 is 11.6 Å². The zero-order chi connectivity index (χ0) is 14.8. The SMILES string of the molecule is Cc1c(N)cccc1C(=O)N1CCCC1c1cccnc1. The molecule has 2 aromatic rings. The fourth-order valence-corrected chi connectivity index (χ4v) is 2.97. The van der Waals surface area contributed by atoms with Crippen LogP contribution in [-0.4, -0.2) is 22.3 Å². The molecule has 108 valence electrons. The quantitative estimate of drug-likeness (QED) is 0.861. The fraction of sp³-hybridized carbons (Fsp3) is 0.294. The Balaban J connectivity index is 1.92. The lowest BCUT2D eigenvalue weighted by molar-refractivity contribution is 0.0735. The Morgan fingerprint density at radius 3 is 2.95 bits per heavy atom. The Labute approximate surface area is 124 Å². The summed E-state index contributed by atoms with van der Waals surface area (Å²) >= 11 is 0. The molecule has 1 aliphatic rings. The van der Waals surface area contributed by atoms with Crippen LogP contribution in [0.5, 0.6) is 0 Å². The molecule has 21 heavy (non-hydrogen) atoms. The average Bonchev–Trinajstić information content (AvgIpc) is 3.00. The van der Waals surface area contributed by atoms with Gasteiger partial charge in [-0.1, -0.05) is 12.1 Å². The van der Waals surface area contributed by atoms with Crippen molar-refractivity contribution in [3.63, 3.8) is 0 Å². The van der Waals surface area contributed by atoms with Crippen molar-refractivity contribution in [3.8, 4) is 0 Å². The number of pyridine rings is 1. The molecule has 1 aromatic heterocycles. The Kier molecular flexibility index (Phi) is 3.60. The van der Waals surface area contributed by atoms with E-state index in [2.05, 4.69) is 4.98 Å². The second-order valence-corrected chi connectivity index (χ2v) is 5.46. The Morgan fingerprint density at radius 2 is 2.19 bits per heavy atom. The highest BCUT2D eigenvalue weighted by atomic mass is 16.2. The molecule has 1 fully saturated rings. The van der Waals surface area contributed by atoms with E-state index in [4.69, 9.17) is 5.73 Å². The number of carbonyl (C=O) groups is 1. The van der Waals surface area contributed by atoms with Gasteiger partial charge in [-0.2, -0.15) is 0 Å². The van der Waals surface area contributed by atoms with Gasteiger partial charge in [-0.3, -0.25) is 9.78 Å². The minimum absolute atomic E-state index is 0.0613. The number of benzene rings is 1. The third kappa shape index (κ3) is 2.49. The Bertz CT molecular complexity index is 654. The number of nitrogen functional groups attached to an aromatic ring is 1. The van der Waals surface area contributed by atoms with E-state index >= 15 is 0 Å². The van der Waals surface area contributed by atoms with E-state index in [1.54, 1.807) is 6.20 Å². The molecule has 1 atom stereocenters. The van der Waals surface area contributed by atoms with Crippen LogP contribution in [0.3, 0.4) is 0 Å². The molecule has 2 N–H and O–H groups in total. The minimum Gasteiger partial charge on any atom is -0.398 e. The van der Waals surface area contributed by atoms with E-state index < -0.39 is 0 Å². The normalized spacial score (nSPS) is 18.0. The Hall–Kier alpha value is -2.36. The molecule has 4 nitrogen and oxygen atoms in total. The van der Waals surface area contributed by atoms with Crippen LogP contribution in [0.1, 0.15) is 40.4 Å². The van der Waals surface area contributed by atoms with Gasteiger partial charge in [0.1, 0.15) is 0 Å². The zero-order valence-electron chi connectivity index (χ0n) is 12.1. The lowest BCUT2D eigenvalue weighted by Crippen LogP contribution is -2.31. The van der Waals surface area contributed by atoms with Gasteiger partial charge in [0.15, 0.2) is 0 Å². The highest BCUT2D eigenvalue weighted by molar-refractivity contribution is 5.97. The number of nitrogens with two attached hydrogens (primary N) is 1. The van der Waals surface area contributed by atoms with Gasteiger partial charge in [0.05, 0.1) is 6.04 Å². The summed E-state index contributed by atoms with van der Waals surface area (Å²) < 4.78 is 0. The maximum Gasteiger partial charge on any atom is 0.254 e. The van der Waals surface area contributed by atoms with Crippen molar-refractivity contribution in [1.82, 2.24) is 9.88 Å². The highest BCUT2D eigenvalue weighted by Gasteiger charge is 2.31. The summed E-state index contributed by atoms with van der Waals surface area (Å²) in [5.41, 5.74) is 9.25. The zero-order valence-corrected chi connectivity index (χ0v) is 12.1. The number of carbonyl (C=O) groups excluding carboxylic acids is 1. The van der Waals surface area contributed by atoms with Gasteiger partial charge >= 0.3 is 0 Å². The number of aromatic nitrogens is 1. The maximum absolute atomic E-state index is 12.9. The summed E-state index contributed by atoms with van der Waals surface area (Å²) in [5.74, 6) is 0.0613. The molecule has 0 saturated carbocycles. The van der Waals surface area contributed by atoms with Crippen molar-refractivity contribution in [2.75, 3.05) is 12.3 Å². The molecule has 0 bridgehead atoms. The molecule has 0 radical (unpaired) electrons. The molecule has 1 aromatic carbocycles. The number of anilines is 1. The first-order chi connectivity index (χ1) is 10.2. The number of hydrogen-bond acceptors (Lipinski definition) is 3. The molecule has 4 heteroatoms. The lowest BCUT2D eigenvalue weighted by Gasteiger charge is -2.25. The van der Waals surface area contributed by atoms with Gasteiger partial charge in [-0.25, -0.2) is 0 Å². The van der Waals surface area contributed by atoms with Crippen molar-refractivity contribution in [2.45, 2.75) is 25.8 Å². The Morgan fingerprint density at radius 1 is 1.33 bits per heavy atom.